The third kappa shape index (κ3) is 2.14. The van der Waals surface area contributed by atoms with Gasteiger partial charge in [-0.1, -0.05) is 0 Å². The van der Waals surface area contributed by atoms with E-state index in [1.807, 2.05) is 6.20 Å². The molecule has 3 nitrogen and oxygen atoms in total. The number of nitrogens with one attached hydrogen (secondary N) is 1. The Hall–Kier alpha value is -0.830. The number of H-pyrrole nitrogens is 1. The van der Waals surface area contributed by atoms with Crippen LogP contribution in [0.5, 0.6) is 0 Å². The van der Waals surface area contributed by atoms with Crippen LogP contribution < -0.4 is 0 Å². The molecule has 0 aromatic carbocycles. The maximum absolute atomic E-state index is 4.14. The predicted molar refractivity (Wildman–Crippen MR) is 64.5 cm³/mol. The van der Waals surface area contributed by atoms with Gasteiger partial charge in [-0.25, -0.2) is 0 Å². The third-order valence-corrected chi connectivity index (χ3v) is 4.08. The van der Waals surface area contributed by atoms with Gasteiger partial charge in [-0.15, -0.1) is 0 Å². The molecule has 16 heavy (non-hydrogen) atoms. The summed E-state index contributed by atoms with van der Waals surface area (Å²) in [5.41, 5.74) is 2.71. The Labute approximate surface area is 97.2 Å². The van der Waals surface area contributed by atoms with E-state index in [0.717, 1.165) is 11.8 Å². The van der Waals surface area contributed by atoms with Crippen molar-refractivity contribution in [2.45, 2.75) is 38.5 Å². The first-order valence-corrected chi connectivity index (χ1v) is 6.55. The van der Waals surface area contributed by atoms with Gasteiger partial charge in [0.2, 0.25) is 0 Å². The Kier molecular flexibility index (Phi) is 2.72. The lowest BCUT2D eigenvalue weighted by Crippen LogP contribution is -2.34. The molecule has 1 saturated carbocycles. The summed E-state index contributed by atoms with van der Waals surface area (Å²) in [6.07, 6.45) is 7.50. The normalized spacial score (nSPS) is 23.8. The molecule has 1 N–H and O–H groups in total. The Bertz CT molecular complexity index is 346. The molecule has 0 spiro atoms. The Morgan fingerprint density at radius 2 is 2.06 bits per heavy atom. The fourth-order valence-electron chi connectivity index (χ4n) is 2.84. The fourth-order valence-corrected chi connectivity index (χ4v) is 2.84. The van der Waals surface area contributed by atoms with Crippen LogP contribution >= 0.6 is 0 Å². The molecule has 0 amide bonds. The van der Waals surface area contributed by atoms with Gasteiger partial charge >= 0.3 is 0 Å². The second-order valence-corrected chi connectivity index (χ2v) is 5.48. The zero-order valence-corrected chi connectivity index (χ0v) is 10.1. The number of hydrogen-bond donors (Lipinski definition) is 1. The summed E-state index contributed by atoms with van der Waals surface area (Å²) in [5, 5.41) is 7.31. The molecule has 3 heteroatoms. The van der Waals surface area contributed by atoms with Crippen molar-refractivity contribution in [3.05, 3.63) is 17.5 Å². The lowest BCUT2D eigenvalue weighted by atomic mass is 9.91. The van der Waals surface area contributed by atoms with Crippen LogP contribution in [0.25, 0.3) is 0 Å². The molecule has 1 aromatic heterocycles. The predicted octanol–water partition coefficient (Wildman–Crippen LogP) is 2.31. The molecule has 0 unspecified atom stereocenters. The number of rotatable bonds is 3. The molecule has 3 rings (SSSR count). The molecule has 2 fully saturated rings. The quantitative estimate of drug-likeness (QED) is 0.846. The summed E-state index contributed by atoms with van der Waals surface area (Å²) in [5.74, 6) is 1.75. The average molecular weight is 219 g/mol. The number of hydrogen-bond acceptors (Lipinski definition) is 2. The molecule has 0 bridgehead atoms. The van der Waals surface area contributed by atoms with Gasteiger partial charge in [0.15, 0.2) is 0 Å². The minimum absolute atomic E-state index is 0.720. The van der Waals surface area contributed by atoms with Gasteiger partial charge in [-0.2, -0.15) is 5.10 Å². The highest BCUT2D eigenvalue weighted by Gasteiger charge is 2.28. The van der Waals surface area contributed by atoms with Crippen molar-refractivity contribution in [2.75, 3.05) is 19.6 Å². The van der Waals surface area contributed by atoms with E-state index in [1.54, 1.807) is 0 Å². The second kappa shape index (κ2) is 4.21. The molecular formula is C13H21N3. The molecule has 1 aromatic rings. The van der Waals surface area contributed by atoms with Crippen molar-refractivity contribution in [1.29, 1.82) is 0 Å². The summed E-state index contributed by atoms with van der Waals surface area (Å²) in [6.45, 7) is 6.07. The van der Waals surface area contributed by atoms with E-state index in [0.29, 0.717) is 0 Å². The number of piperidine rings is 1. The highest BCUT2D eigenvalue weighted by molar-refractivity contribution is 5.19. The standard InChI is InChI=1S/C13H21N3/c1-10-8-14-15-13(10)12-4-6-16(7-5-12)9-11-2-3-11/h8,11-12H,2-7,9H2,1H3,(H,14,15). The van der Waals surface area contributed by atoms with Gasteiger partial charge < -0.3 is 4.90 Å². The summed E-state index contributed by atoms with van der Waals surface area (Å²) < 4.78 is 0. The minimum Gasteiger partial charge on any atom is -0.303 e. The van der Waals surface area contributed by atoms with Crippen molar-refractivity contribution in [2.24, 2.45) is 5.92 Å². The minimum atomic E-state index is 0.720. The maximum atomic E-state index is 4.14. The molecule has 88 valence electrons. The SMILES string of the molecule is Cc1cn[nH]c1C1CCN(CC2CC2)CC1. The lowest BCUT2D eigenvalue weighted by Gasteiger charge is -2.31. The van der Waals surface area contributed by atoms with E-state index in [9.17, 15) is 0 Å². The number of likely N-dealkylation sites (tertiary alicyclic amines) is 1. The number of aryl methyl sites for hydroxylation is 1. The van der Waals surface area contributed by atoms with E-state index in [2.05, 4.69) is 22.0 Å². The molecule has 1 aliphatic carbocycles. The zero-order valence-electron chi connectivity index (χ0n) is 10.1. The Balaban J connectivity index is 1.55. The van der Waals surface area contributed by atoms with Crippen molar-refractivity contribution >= 4 is 0 Å². The average Bonchev–Trinajstić information content (AvgIpc) is 3.00. The Morgan fingerprint density at radius 3 is 2.62 bits per heavy atom. The zero-order chi connectivity index (χ0) is 11.0. The molecule has 2 aliphatic rings. The molecule has 0 radical (unpaired) electrons. The van der Waals surface area contributed by atoms with Crippen LogP contribution in [0.1, 0.15) is 42.9 Å². The van der Waals surface area contributed by atoms with Crippen molar-refractivity contribution in [3.63, 3.8) is 0 Å². The molecule has 0 atom stereocenters. The van der Waals surface area contributed by atoms with Crippen LogP contribution in [0.3, 0.4) is 0 Å². The number of aromatic amines is 1. The van der Waals surface area contributed by atoms with Crippen LogP contribution in [-0.4, -0.2) is 34.7 Å². The van der Waals surface area contributed by atoms with E-state index in [1.165, 1.54) is 56.6 Å². The summed E-state index contributed by atoms with van der Waals surface area (Å²) >= 11 is 0. The van der Waals surface area contributed by atoms with E-state index in [4.69, 9.17) is 0 Å². The molecule has 2 heterocycles. The summed E-state index contributed by atoms with van der Waals surface area (Å²) in [7, 11) is 0. The van der Waals surface area contributed by atoms with Gasteiger partial charge in [0.25, 0.3) is 0 Å². The van der Waals surface area contributed by atoms with Crippen LogP contribution in [0, 0.1) is 12.8 Å². The van der Waals surface area contributed by atoms with Crippen LogP contribution in [-0.2, 0) is 0 Å². The van der Waals surface area contributed by atoms with Crippen molar-refractivity contribution in [1.82, 2.24) is 15.1 Å². The number of aromatic nitrogens is 2. The second-order valence-electron chi connectivity index (χ2n) is 5.48. The third-order valence-electron chi connectivity index (χ3n) is 4.08. The highest BCUT2D eigenvalue weighted by atomic mass is 15.1. The van der Waals surface area contributed by atoms with Crippen molar-refractivity contribution in [3.8, 4) is 0 Å². The monoisotopic (exact) mass is 219 g/mol. The highest BCUT2D eigenvalue weighted by Crippen LogP contribution is 2.33. The van der Waals surface area contributed by atoms with Crippen molar-refractivity contribution < 1.29 is 0 Å². The first kappa shape index (κ1) is 10.3. The van der Waals surface area contributed by atoms with Gasteiger partial charge in [0.1, 0.15) is 0 Å². The Morgan fingerprint density at radius 1 is 1.31 bits per heavy atom. The van der Waals surface area contributed by atoms with Crippen LogP contribution in [0.4, 0.5) is 0 Å². The topological polar surface area (TPSA) is 31.9 Å². The fraction of sp³-hybridized carbons (Fsp3) is 0.769. The summed E-state index contributed by atoms with van der Waals surface area (Å²) in [6, 6.07) is 0. The maximum Gasteiger partial charge on any atom is 0.0519 e. The number of nitrogens with zero attached hydrogens (tertiary/aromatic N) is 2. The van der Waals surface area contributed by atoms with Gasteiger partial charge in [-0.3, -0.25) is 5.10 Å². The summed E-state index contributed by atoms with van der Waals surface area (Å²) in [4.78, 5) is 2.65. The van der Waals surface area contributed by atoms with Crippen LogP contribution in [0.15, 0.2) is 6.20 Å². The van der Waals surface area contributed by atoms with E-state index in [-0.39, 0.29) is 0 Å². The first-order valence-electron chi connectivity index (χ1n) is 6.55. The molecular weight excluding hydrogens is 198 g/mol. The van der Waals surface area contributed by atoms with Gasteiger partial charge in [0.05, 0.1) is 6.20 Å². The van der Waals surface area contributed by atoms with E-state index < -0.39 is 0 Å². The van der Waals surface area contributed by atoms with Gasteiger partial charge in [0, 0.05) is 18.2 Å². The largest absolute Gasteiger partial charge is 0.303 e. The lowest BCUT2D eigenvalue weighted by molar-refractivity contribution is 0.203. The smallest absolute Gasteiger partial charge is 0.0519 e. The van der Waals surface area contributed by atoms with E-state index >= 15 is 0 Å². The molecule has 1 aliphatic heterocycles. The van der Waals surface area contributed by atoms with Crippen LogP contribution in [0.2, 0.25) is 0 Å². The molecule has 1 saturated heterocycles. The first-order chi connectivity index (χ1) is 7.83. The van der Waals surface area contributed by atoms with Gasteiger partial charge in [-0.05, 0) is 57.2 Å².